The Bertz CT molecular complexity index is 282. The first-order valence-corrected chi connectivity index (χ1v) is 4.67. The van der Waals surface area contributed by atoms with Crippen molar-refractivity contribution in [2.45, 2.75) is 19.4 Å². The first-order valence-electron chi connectivity index (χ1n) is 4.67. The summed E-state index contributed by atoms with van der Waals surface area (Å²) in [5.41, 5.74) is 0.761. The Morgan fingerprint density at radius 3 is 2.85 bits per heavy atom. The van der Waals surface area contributed by atoms with Crippen LogP contribution in [0.3, 0.4) is 0 Å². The molecule has 1 aromatic heterocycles. The van der Waals surface area contributed by atoms with Gasteiger partial charge in [-0.2, -0.15) is 0 Å². The summed E-state index contributed by atoms with van der Waals surface area (Å²) in [6, 6.07) is 1.76. The van der Waals surface area contributed by atoms with Gasteiger partial charge in [0.1, 0.15) is 5.82 Å². The summed E-state index contributed by atoms with van der Waals surface area (Å²) in [4.78, 5) is 6.00. The monoisotopic (exact) mass is 180 g/mol. The number of pyridine rings is 1. The third-order valence-electron chi connectivity index (χ3n) is 2.45. The van der Waals surface area contributed by atoms with Crippen molar-refractivity contribution in [1.29, 1.82) is 0 Å². The zero-order valence-corrected chi connectivity index (χ0v) is 7.54. The molecule has 1 aliphatic rings. The number of nitrogens with zero attached hydrogens (tertiary/aromatic N) is 2. The van der Waals surface area contributed by atoms with Gasteiger partial charge in [0.15, 0.2) is 0 Å². The molecule has 1 aromatic rings. The first kappa shape index (κ1) is 8.63. The average molecular weight is 180 g/mol. The molecule has 2 heterocycles. The number of hydrogen-bond acceptors (Lipinski definition) is 2. The van der Waals surface area contributed by atoms with Crippen LogP contribution in [0, 0.1) is 5.82 Å². The van der Waals surface area contributed by atoms with Crippen molar-refractivity contribution in [3.63, 3.8) is 0 Å². The molecule has 1 saturated heterocycles. The van der Waals surface area contributed by atoms with Crippen molar-refractivity contribution in [2.24, 2.45) is 0 Å². The van der Waals surface area contributed by atoms with Gasteiger partial charge in [0, 0.05) is 18.3 Å². The lowest BCUT2D eigenvalue weighted by molar-refractivity contribution is 0.325. The quantitative estimate of drug-likeness (QED) is 0.690. The SMILES string of the molecule is Fc1cnccc1CN1CCCC1. The molecule has 70 valence electrons. The Hall–Kier alpha value is -0.960. The van der Waals surface area contributed by atoms with Crippen LogP contribution in [0.25, 0.3) is 0 Å². The molecule has 0 saturated carbocycles. The minimum absolute atomic E-state index is 0.186. The molecular weight excluding hydrogens is 167 g/mol. The molecule has 13 heavy (non-hydrogen) atoms. The molecule has 1 fully saturated rings. The molecule has 0 atom stereocenters. The molecule has 2 rings (SSSR count). The van der Waals surface area contributed by atoms with Gasteiger partial charge in [-0.15, -0.1) is 0 Å². The smallest absolute Gasteiger partial charge is 0.145 e. The van der Waals surface area contributed by atoms with Crippen molar-refractivity contribution in [1.82, 2.24) is 9.88 Å². The second-order valence-electron chi connectivity index (χ2n) is 3.45. The van der Waals surface area contributed by atoms with E-state index in [4.69, 9.17) is 0 Å². The van der Waals surface area contributed by atoms with E-state index in [1.54, 1.807) is 12.3 Å². The summed E-state index contributed by atoms with van der Waals surface area (Å²) >= 11 is 0. The summed E-state index contributed by atoms with van der Waals surface area (Å²) in [6.07, 6.45) is 5.42. The van der Waals surface area contributed by atoms with Crippen LogP contribution in [-0.2, 0) is 6.54 Å². The van der Waals surface area contributed by atoms with Crippen molar-refractivity contribution in [3.8, 4) is 0 Å². The number of halogens is 1. The van der Waals surface area contributed by atoms with Gasteiger partial charge in [0.2, 0.25) is 0 Å². The van der Waals surface area contributed by atoms with E-state index in [1.807, 2.05) is 0 Å². The Morgan fingerprint density at radius 2 is 2.15 bits per heavy atom. The third kappa shape index (κ3) is 2.04. The van der Waals surface area contributed by atoms with E-state index in [1.165, 1.54) is 19.0 Å². The number of rotatable bonds is 2. The van der Waals surface area contributed by atoms with Gasteiger partial charge < -0.3 is 0 Å². The van der Waals surface area contributed by atoms with Gasteiger partial charge in [-0.1, -0.05) is 0 Å². The Labute approximate surface area is 77.4 Å². The highest BCUT2D eigenvalue weighted by Crippen LogP contribution is 2.13. The molecule has 0 bridgehead atoms. The fraction of sp³-hybridized carbons (Fsp3) is 0.500. The van der Waals surface area contributed by atoms with Gasteiger partial charge in [-0.3, -0.25) is 9.88 Å². The molecule has 0 amide bonds. The molecule has 1 aliphatic heterocycles. The van der Waals surface area contributed by atoms with Gasteiger partial charge in [0.05, 0.1) is 6.20 Å². The highest BCUT2D eigenvalue weighted by atomic mass is 19.1. The highest BCUT2D eigenvalue weighted by molar-refractivity contribution is 5.12. The van der Waals surface area contributed by atoms with Crippen LogP contribution in [-0.4, -0.2) is 23.0 Å². The molecule has 3 heteroatoms. The minimum Gasteiger partial charge on any atom is -0.299 e. The standard InChI is InChI=1S/C10H13FN2/c11-10-7-12-4-3-9(10)8-13-5-1-2-6-13/h3-4,7H,1-2,5-6,8H2. The molecule has 0 aromatic carbocycles. The number of hydrogen-bond donors (Lipinski definition) is 0. The van der Waals surface area contributed by atoms with E-state index < -0.39 is 0 Å². The van der Waals surface area contributed by atoms with Crippen LogP contribution in [0.1, 0.15) is 18.4 Å². The highest BCUT2D eigenvalue weighted by Gasteiger charge is 2.13. The predicted molar refractivity (Wildman–Crippen MR) is 48.7 cm³/mol. The van der Waals surface area contributed by atoms with Gasteiger partial charge in [-0.05, 0) is 32.0 Å². The van der Waals surface area contributed by atoms with Crippen molar-refractivity contribution in [3.05, 3.63) is 29.8 Å². The second-order valence-corrected chi connectivity index (χ2v) is 3.45. The van der Waals surface area contributed by atoms with Crippen LogP contribution in [0.4, 0.5) is 4.39 Å². The Morgan fingerprint density at radius 1 is 1.38 bits per heavy atom. The summed E-state index contributed by atoms with van der Waals surface area (Å²) in [6.45, 7) is 2.93. The maximum Gasteiger partial charge on any atom is 0.145 e. The predicted octanol–water partition coefficient (Wildman–Crippen LogP) is 1.82. The van der Waals surface area contributed by atoms with Crippen molar-refractivity contribution < 1.29 is 4.39 Å². The van der Waals surface area contributed by atoms with E-state index in [9.17, 15) is 4.39 Å². The number of aromatic nitrogens is 1. The normalized spacial score (nSPS) is 17.9. The molecule has 0 N–H and O–H groups in total. The Kier molecular flexibility index (Phi) is 2.54. The van der Waals surface area contributed by atoms with Gasteiger partial charge >= 0.3 is 0 Å². The molecular formula is C10H13FN2. The average Bonchev–Trinajstić information content (AvgIpc) is 2.61. The molecule has 0 spiro atoms. The van der Waals surface area contributed by atoms with E-state index in [-0.39, 0.29) is 5.82 Å². The first-order chi connectivity index (χ1) is 6.36. The summed E-state index contributed by atoms with van der Waals surface area (Å²) < 4.78 is 13.2. The Balaban J connectivity index is 2.04. The van der Waals surface area contributed by atoms with Crippen molar-refractivity contribution >= 4 is 0 Å². The van der Waals surface area contributed by atoms with E-state index in [0.29, 0.717) is 0 Å². The molecule has 0 unspecified atom stereocenters. The van der Waals surface area contributed by atoms with Crippen LogP contribution < -0.4 is 0 Å². The zero-order chi connectivity index (χ0) is 9.10. The summed E-state index contributed by atoms with van der Waals surface area (Å²) in [5, 5.41) is 0. The van der Waals surface area contributed by atoms with Crippen LogP contribution in [0.2, 0.25) is 0 Å². The van der Waals surface area contributed by atoms with Crippen LogP contribution in [0.15, 0.2) is 18.5 Å². The van der Waals surface area contributed by atoms with Crippen molar-refractivity contribution in [2.75, 3.05) is 13.1 Å². The fourth-order valence-corrected chi connectivity index (χ4v) is 1.71. The fourth-order valence-electron chi connectivity index (χ4n) is 1.71. The van der Waals surface area contributed by atoms with E-state index in [0.717, 1.165) is 25.2 Å². The largest absolute Gasteiger partial charge is 0.299 e. The van der Waals surface area contributed by atoms with Gasteiger partial charge in [0.25, 0.3) is 0 Å². The number of likely N-dealkylation sites (tertiary alicyclic amines) is 1. The molecule has 0 aliphatic carbocycles. The minimum atomic E-state index is -0.186. The van der Waals surface area contributed by atoms with Gasteiger partial charge in [-0.25, -0.2) is 4.39 Å². The molecule has 0 radical (unpaired) electrons. The lowest BCUT2D eigenvalue weighted by Gasteiger charge is -2.14. The summed E-state index contributed by atoms with van der Waals surface area (Å²) in [5.74, 6) is -0.186. The maximum atomic E-state index is 13.2. The van der Waals surface area contributed by atoms with Crippen LogP contribution in [0.5, 0.6) is 0 Å². The maximum absolute atomic E-state index is 13.2. The summed E-state index contributed by atoms with van der Waals surface area (Å²) in [7, 11) is 0. The lowest BCUT2D eigenvalue weighted by atomic mass is 10.2. The zero-order valence-electron chi connectivity index (χ0n) is 7.54. The van der Waals surface area contributed by atoms with E-state index >= 15 is 0 Å². The van der Waals surface area contributed by atoms with E-state index in [2.05, 4.69) is 9.88 Å². The topological polar surface area (TPSA) is 16.1 Å². The second kappa shape index (κ2) is 3.83. The lowest BCUT2D eigenvalue weighted by Crippen LogP contribution is -2.19. The third-order valence-corrected chi connectivity index (χ3v) is 2.45. The molecule has 2 nitrogen and oxygen atoms in total. The van der Waals surface area contributed by atoms with Crippen LogP contribution >= 0.6 is 0 Å².